The molecule has 1 amide bonds. The normalized spacial score (nSPS) is 17.4. The minimum absolute atomic E-state index is 0.0969. The van der Waals surface area contributed by atoms with Crippen LogP contribution in [0.5, 0.6) is 0 Å². The van der Waals surface area contributed by atoms with Gasteiger partial charge in [-0.3, -0.25) is 4.79 Å². The number of aliphatic hydroxyl groups excluding tert-OH is 1. The summed E-state index contributed by atoms with van der Waals surface area (Å²) >= 11 is 0. The first kappa shape index (κ1) is 26.3. The number of methoxy groups -OCH3 is 1. The van der Waals surface area contributed by atoms with Gasteiger partial charge in [-0.25, -0.2) is 13.6 Å². The van der Waals surface area contributed by atoms with Gasteiger partial charge in [0, 0.05) is 5.69 Å². The number of ether oxygens (including phenoxy) is 1. The Morgan fingerprint density at radius 1 is 0.846 bits per heavy atom. The van der Waals surface area contributed by atoms with Gasteiger partial charge in [0.05, 0.1) is 30.7 Å². The summed E-state index contributed by atoms with van der Waals surface area (Å²) in [5.41, 5.74) is 4.44. The maximum absolute atomic E-state index is 13.6. The predicted octanol–water partition coefficient (Wildman–Crippen LogP) is 6.64. The van der Waals surface area contributed by atoms with E-state index in [1.165, 1.54) is 31.4 Å². The lowest BCUT2D eigenvalue weighted by Gasteiger charge is -2.48. The van der Waals surface area contributed by atoms with Gasteiger partial charge in [0.1, 0.15) is 11.6 Å². The number of nitrogens with zero attached hydrogens (tertiary/aromatic N) is 1. The molecule has 2 unspecified atom stereocenters. The summed E-state index contributed by atoms with van der Waals surface area (Å²) in [6.07, 6.45) is -0.0639. The molecular weight excluding hydrogens is 500 g/mol. The van der Waals surface area contributed by atoms with Crippen LogP contribution in [0.2, 0.25) is 0 Å². The van der Waals surface area contributed by atoms with Crippen molar-refractivity contribution in [3.05, 3.63) is 125 Å². The van der Waals surface area contributed by atoms with Crippen molar-refractivity contribution in [3.63, 3.8) is 0 Å². The van der Waals surface area contributed by atoms with Gasteiger partial charge in [0.25, 0.3) is 0 Å². The number of halogens is 2. The maximum atomic E-state index is 13.6. The van der Waals surface area contributed by atoms with E-state index in [1.54, 1.807) is 41.3 Å². The van der Waals surface area contributed by atoms with Crippen LogP contribution in [-0.2, 0) is 9.53 Å². The van der Waals surface area contributed by atoms with Crippen LogP contribution < -0.4 is 4.90 Å². The molecule has 4 aromatic carbocycles. The summed E-state index contributed by atoms with van der Waals surface area (Å²) in [6.45, 7) is 0. The van der Waals surface area contributed by atoms with E-state index in [1.807, 2.05) is 36.4 Å². The third kappa shape index (κ3) is 5.45. The van der Waals surface area contributed by atoms with E-state index in [4.69, 9.17) is 4.74 Å². The minimum Gasteiger partial charge on any atom is -0.465 e. The van der Waals surface area contributed by atoms with E-state index in [0.717, 1.165) is 16.7 Å². The number of rotatable bonds is 8. The smallest absolute Gasteiger partial charge is 0.337 e. The molecule has 5 nitrogen and oxygen atoms in total. The zero-order chi connectivity index (χ0) is 27.5. The fourth-order valence-corrected chi connectivity index (χ4v) is 5.08. The van der Waals surface area contributed by atoms with E-state index >= 15 is 0 Å². The molecule has 1 saturated heterocycles. The van der Waals surface area contributed by atoms with Crippen molar-refractivity contribution < 1.29 is 28.2 Å². The molecule has 1 fully saturated rings. The first-order chi connectivity index (χ1) is 18.9. The quantitative estimate of drug-likeness (QED) is 0.206. The molecule has 0 bridgehead atoms. The Kier molecular flexibility index (Phi) is 7.52. The molecule has 5 rings (SSSR count). The highest BCUT2D eigenvalue weighted by molar-refractivity contribution is 6.03. The monoisotopic (exact) mass is 527 g/mol. The summed E-state index contributed by atoms with van der Waals surface area (Å²) < 4.78 is 31.6. The second kappa shape index (κ2) is 11.2. The van der Waals surface area contributed by atoms with Gasteiger partial charge in [0.15, 0.2) is 0 Å². The van der Waals surface area contributed by atoms with Crippen molar-refractivity contribution in [2.45, 2.75) is 25.0 Å². The van der Waals surface area contributed by atoms with Crippen LogP contribution in [0.1, 0.15) is 46.5 Å². The van der Waals surface area contributed by atoms with Crippen LogP contribution >= 0.6 is 0 Å². The molecule has 0 spiro atoms. The maximum Gasteiger partial charge on any atom is 0.337 e. The Hall–Kier alpha value is -4.36. The Labute approximate surface area is 225 Å². The number of β-lactam (4-membered cyclic amide) rings is 1. The summed E-state index contributed by atoms with van der Waals surface area (Å²) in [7, 11) is 1.34. The number of esters is 1. The Balaban J connectivity index is 1.38. The number of anilines is 1. The van der Waals surface area contributed by atoms with E-state index in [0.29, 0.717) is 29.7 Å². The zero-order valence-electron chi connectivity index (χ0n) is 21.3. The summed E-state index contributed by atoms with van der Waals surface area (Å²) in [4.78, 5) is 26.7. The number of amides is 1. The summed E-state index contributed by atoms with van der Waals surface area (Å²) in [5, 5.41) is 10.7. The van der Waals surface area contributed by atoms with Crippen molar-refractivity contribution in [2.24, 2.45) is 5.92 Å². The van der Waals surface area contributed by atoms with Gasteiger partial charge in [-0.2, -0.15) is 0 Å². The molecule has 0 aliphatic carbocycles. The highest BCUT2D eigenvalue weighted by Crippen LogP contribution is 2.46. The topological polar surface area (TPSA) is 66.8 Å². The van der Waals surface area contributed by atoms with Crippen molar-refractivity contribution in [2.75, 3.05) is 12.0 Å². The van der Waals surface area contributed by atoms with E-state index in [2.05, 4.69) is 0 Å². The van der Waals surface area contributed by atoms with Gasteiger partial charge in [-0.15, -0.1) is 0 Å². The summed E-state index contributed by atoms with van der Waals surface area (Å²) in [6, 6.07) is 26.2. The highest BCUT2D eigenvalue weighted by atomic mass is 19.1. The molecule has 1 aliphatic heterocycles. The standard InChI is InChI=1S/C32H27F2NO4/c1-39-32(38)24-8-4-21(5-9-24)20-2-6-23(7-3-20)30-28(18-19-29(36)22-10-12-25(33)13-11-22)31(37)35(30)27-16-14-26(34)15-17-27/h2-17,28-30,36H,18-19H2,1H3/t28?,29-,30?/m0/s1. The van der Waals surface area contributed by atoms with Crippen molar-refractivity contribution in [1.29, 1.82) is 0 Å². The van der Waals surface area contributed by atoms with E-state index in [-0.39, 0.29) is 29.5 Å². The lowest BCUT2D eigenvalue weighted by Crippen LogP contribution is -2.55. The van der Waals surface area contributed by atoms with Crippen LogP contribution in [-0.4, -0.2) is 24.1 Å². The zero-order valence-corrected chi connectivity index (χ0v) is 21.3. The number of carbonyl (C=O) groups excluding carboxylic acids is 2. The third-order valence-electron chi connectivity index (χ3n) is 7.22. The van der Waals surface area contributed by atoms with Crippen LogP contribution in [0.25, 0.3) is 11.1 Å². The fraction of sp³-hybridized carbons (Fsp3) is 0.188. The predicted molar refractivity (Wildman–Crippen MR) is 144 cm³/mol. The van der Waals surface area contributed by atoms with Gasteiger partial charge in [0.2, 0.25) is 5.91 Å². The van der Waals surface area contributed by atoms with Gasteiger partial charge in [-0.05, 0) is 83.6 Å². The third-order valence-corrected chi connectivity index (χ3v) is 7.22. The van der Waals surface area contributed by atoms with Crippen molar-refractivity contribution in [1.82, 2.24) is 0 Å². The number of benzene rings is 4. The Bertz CT molecular complexity index is 1450. The fourth-order valence-electron chi connectivity index (χ4n) is 5.08. The number of aliphatic hydroxyl groups is 1. The first-order valence-corrected chi connectivity index (χ1v) is 12.7. The van der Waals surface area contributed by atoms with E-state index < -0.39 is 12.1 Å². The van der Waals surface area contributed by atoms with Crippen LogP contribution in [0.15, 0.2) is 97.1 Å². The second-order valence-electron chi connectivity index (χ2n) is 9.57. The Morgan fingerprint density at radius 2 is 1.38 bits per heavy atom. The molecule has 0 radical (unpaired) electrons. The van der Waals surface area contributed by atoms with E-state index in [9.17, 15) is 23.5 Å². The molecule has 0 saturated carbocycles. The minimum atomic E-state index is -0.825. The molecule has 1 N–H and O–H groups in total. The van der Waals surface area contributed by atoms with Crippen LogP contribution in [0.4, 0.5) is 14.5 Å². The van der Waals surface area contributed by atoms with Gasteiger partial charge >= 0.3 is 5.97 Å². The molecule has 1 aliphatic rings. The SMILES string of the molecule is COC(=O)c1ccc(-c2ccc(C3C(CC[C@H](O)c4ccc(F)cc4)C(=O)N3c3ccc(F)cc3)cc2)cc1. The molecule has 7 heteroatoms. The molecular formula is C32H27F2NO4. The molecule has 1 heterocycles. The highest BCUT2D eigenvalue weighted by Gasteiger charge is 2.48. The molecule has 198 valence electrons. The number of hydrogen-bond acceptors (Lipinski definition) is 4. The largest absolute Gasteiger partial charge is 0.465 e. The average Bonchev–Trinajstić information content (AvgIpc) is 2.97. The lowest BCUT2D eigenvalue weighted by molar-refractivity contribution is -0.131. The molecule has 3 atom stereocenters. The number of hydrogen-bond donors (Lipinski definition) is 1. The van der Waals surface area contributed by atoms with Crippen molar-refractivity contribution >= 4 is 17.6 Å². The molecule has 0 aromatic heterocycles. The number of carbonyl (C=O) groups is 2. The van der Waals surface area contributed by atoms with Crippen LogP contribution in [0, 0.1) is 17.6 Å². The second-order valence-corrected chi connectivity index (χ2v) is 9.57. The Morgan fingerprint density at radius 3 is 1.95 bits per heavy atom. The first-order valence-electron chi connectivity index (χ1n) is 12.7. The molecule has 39 heavy (non-hydrogen) atoms. The average molecular weight is 528 g/mol. The van der Waals surface area contributed by atoms with Crippen molar-refractivity contribution in [3.8, 4) is 11.1 Å². The van der Waals surface area contributed by atoms with Crippen LogP contribution in [0.3, 0.4) is 0 Å². The molecule has 4 aromatic rings. The van der Waals surface area contributed by atoms with Gasteiger partial charge < -0.3 is 14.7 Å². The lowest BCUT2D eigenvalue weighted by atomic mass is 9.78. The summed E-state index contributed by atoms with van der Waals surface area (Å²) in [5.74, 6) is -1.64. The van der Waals surface area contributed by atoms with Gasteiger partial charge in [-0.1, -0.05) is 48.5 Å².